The Hall–Kier alpha value is -1.72. The van der Waals surface area contributed by atoms with E-state index in [2.05, 4.69) is 11.4 Å². The molecule has 0 bridgehead atoms. The number of nitrogens with one attached hydrogen (secondary N) is 1. The minimum absolute atomic E-state index is 0.0622. The quantitative estimate of drug-likeness (QED) is 0.881. The molecule has 1 aromatic heterocycles. The molecule has 2 aromatic rings. The van der Waals surface area contributed by atoms with Gasteiger partial charge in [-0.05, 0) is 30.7 Å². The van der Waals surface area contributed by atoms with Gasteiger partial charge in [0, 0.05) is 22.8 Å². The predicted octanol–water partition coefficient (Wildman–Crippen LogP) is 2.12. The highest BCUT2D eigenvalue weighted by molar-refractivity contribution is 7.89. The first-order chi connectivity index (χ1) is 9.90. The maximum absolute atomic E-state index is 11.2. The summed E-state index contributed by atoms with van der Waals surface area (Å²) in [6, 6.07) is 10.5. The van der Waals surface area contributed by atoms with Crippen LogP contribution in [0.2, 0.25) is 0 Å². The molecule has 1 heterocycles. The van der Waals surface area contributed by atoms with Crippen LogP contribution in [-0.4, -0.2) is 8.42 Å². The molecule has 5 nitrogen and oxygen atoms in total. The Balaban J connectivity index is 2.00. The van der Waals surface area contributed by atoms with Gasteiger partial charge < -0.3 is 5.32 Å². The van der Waals surface area contributed by atoms with Gasteiger partial charge in [0.2, 0.25) is 10.0 Å². The Morgan fingerprint density at radius 1 is 1.38 bits per heavy atom. The second-order valence-electron chi connectivity index (χ2n) is 4.63. The van der Waals surface area contributed by atoms with Crippen molar-refractivity contribution >= 4 is 21.4 Å². The van der Waals surface area contributed by atoms with Gasteiger partial charge in [0.15, 0.2) is 0 Å². The van der Waals surface area contributed by atoms with Crippen LogP contribution in [0.4, 0.5) is 0 Å². The van der Waals surface area contributed by atoms with Gasteiger partial charge in [-0.1, -0.05) is 12.1 Å². The van der Waals surface area contributed by atoms with Gasteiger partial charge in [0.05, 0.1) is 10.5 Å². The molecule has 7 heteroatoms. The molecular weight excluding hydrogens is 306 g/mol. The van der Waals surface area contributed by atoms with Gasteiger partial charge in [-0.2, -0.15) is 5.26 Å². The number of nitrogens with zero attached hydrogens (tertiary/aromatic N) is 1. The summed E-state index contributed by atoms with van der Waals surface area (Å²) in [6.45, 7) is 2.65. The highest BCUT2D eigenvalue weighted by atomic mass is 32.2. The average molecular weight is 321 g/mol. The topological polar surface area (TPSA) is 96.0 Å². The molecule has 110 valence electrons. The van der Waals surface area contributed by atoms with Gasteiger partial charge >= 0.3 is 0 Å². The molecule has 0 aliphatic rings. The molecule has 1 unspecified atom stereocenters. The van der Waals surface area contributed by atoms with Crippen LogP contribution in [0.15, 0.2) is 40.6 Å². The third kappa shape index (κ3) is 4.12. The second kappa shape index (κ2) is 6.37. The van der Waals surface area contributed by atoms with E-state index in [0.29, 0.717) is 12.1 Å². The molecule has 0 spiro atoms. The fraction of sp³-hybridized carbons (Fsp3) is 0.214. The van der Waals surface area contributed by atoms with E-state index in [9.17, 15) is 8.42 Å². The lowest BCUT2D eigenvalue weighted by Gasteiger charge is -2.14. The lowest BCUT2D eigenvalue weighted by molar-refractivity contribution is 0.577. The van der Waals surface area contributed by atoms with Crippen LogP contribution in [-0.2, 0) is 16.6 Å². The molecule has 1 aromatic carbocycles. The van der Waals surface area contributed by atoms with Gasteiger partial charge in [-0.15, -0.1) is 11.3 Å². The molecule has 0 aliphatic carbocycles. The first-order valence-electron chi connectivity index (χ1n) is 6.24. The molecule has 1 atom stereocenters. The normalized spacial score (nSPS) is 12.8. The SMILES string of the molecule is CC(NCc1cc(C#N)cs1)c1ccc(S(N)(=O)=O)cc1. The molecular formula is C14H15N3O2S2. The molecule has 0 aliphatic heterocycles. The maximum Gasteiger partial charge on any atom is 0.238 e. The Morgan fingerprint density at radius 3 is 2.57 bits per heavy atom. The summed E-state index contributed by atoms with van der Waals surface area (Å²) < 4.78 is 22.4. The van der Waals surface area contributed by atoms with E-state index in [-0.39, 0.29) is 10.9 Å². The smallest absolute Gasteiger partial charge is 0.238 e. The molecule has 2 rings (SSSR count). The largest absolute Gasteiger partial charge is 0.305 e. The van der Waals surface area contributed by atoms with E-state index in [0.717, 1.165) is 10.4 Å². The summed E-state index contributed by atoms with van der Waals surface area (Å²) in [4.78, 5) is 1.19. The predicted molar refractivity (Wildman–Crippen MR) is 82.1 cm³/mol. The summed E-state index contributed by atoms with van der Waals surface area (Å²) in [5.41, 5.74) is 1.64. The molecule has 0 fully saturated rings. The van der Waals surface area contributed by atoms with Crippen molar-refractivity contribution in [1.29, 1.82) is 5.26 Å². The molecule has 0 radical (unpaired) electrons. The van der Waals surface area contributed by atoms with Gasteiger partial charge in [-0.3, -0.25) is 0 Å². The number of benzene rings is 1. The van der Waals surface area contributed by atoms with E-state index in [1.165, 1.54) is 23.5 Å². The number of rotatable bonds is 5. The number of sulfonamides is 1. The van der Waals surface area contributed by atoms with Crippen LogP contribution >= 0.6 is 11.3 Å². The Kier molecular flexibility index (Phi) is 4.75. The summed E-state index contributed by atoms with van der Waals surface area (Å²) >= 11 is 1.54. The third-order valence-electron chi connectivity index (χ3n) is 3.07. The molecule has 3 N–H and O–H groups in total. The third-order valence-corrected chi connectivity index (χ3v) is 4.94. The average Bonchev–Trinajstić information content (AvgIpc) is 2.92. The van der Waals surface area contributed by atoms with Crippen molar-refractivity contribution in [3.63, 3.8) is 0 Å². The number of hydrogen-bond donors (Lipinski definition) is 2. The number of thiophene rings is 1. The fourth-order valence-electron chi connectivity index (χ4n) is 1.85. The van der Waals surface area contributed by atoms with E-state index in [4.69, 9.17) is 10.4 Å². The first kappa shape index (κ1) is 15.7. The minimum Gasteiger partial charge on any atom is -0.305 e. The van der Waals surface area contributed by atoms with Crippen LogP contribution in [0.5, 0.6) is 0 Å². The van der Waals surface area contributed by atoms with Crippen molar-refractivity contribution in [2.45, 2.75) is 24.4 Å². The molecule has 0 saturated carbocycles. The molecule has 21 heavy (non-hydrogen) atoms. The fourth-order valence-corrected chi connectivity index (χ4v) is 3.13. The number of nitrogens with two attached hydrogens (primary N) is 1. The van der Waals surface area contributed by atoms with Crippen LogP contribution < -0.4 is 10.5 Å². The van der Waals surface area contributed by atoms with Gasteiger partial charge in [0.25, 0.3) is 0 Å². The van der Waals surface area contributed by atoms with Crippen molar-refractivity contribution in [2.75, 3.05) is 0 Å². The van der Waals surface area contributed by atoms with E-state index in [1.54, 1.807) is 12.1 Å². The number of primary sulfonamides is 1. The first-order valence-corrected chi connectivity index (χ1v) is 8.66. The van der Waals surface area contributed by atoms with Gasteiger partial charge in [-0.25, -0.2) is 13.6 Å². The summed E-state index contributed by atoms with van der Waals surface area (Å²) in [5, 5.41) is 19.0. The van der Waals surface area contributed by atoms with Crippen molar-refractivity contribution < 1.29 is 8.42 Å². The minimum atomic E-state index is -3.65. The lowest BCUT2D eigenvalue weighted by atomic mass is 10.1. The zero-order valence-corrected chi connectivity index (χ0v) is 13.0. The monoisotopic (exact) mass is 321 g/mol. The summed E-state index contributed by atoms with van der Waals surface area (Å²) in [5.74, 6) is 0. The standard InChI is InChI=1S/C14H15N3O2S2/c1-10(17-8-13-6-11(7-15)9-20-13)12-2-4-14(5-3-12)21(16,18)19/h2-6,9-10,17H,8H2,1H3,(H2,16,18,19). The second-order valence-corrected chi connectivity index (χ2v) is 7.19. The number of nitriles is 1. The van der Waals surface area contributed by atoms with Crippen LogP contribution in [0.1, 0.15) is 29.0 Å². The van der Waals surface area contributed by atoms with Crippen molar-refractivity contribution in [3.05, 3.63) is 51.7 Å². The van der Waals surface area contributed by atoms with Crippen LogP contribution in [0, 0.1) is 11.3 Å². The summed E-state index contributed by atoms with van der Waals surface area (Å²) in [7, 11) is -3.65. The maximum atomic E-state index is 11.2. The Labute approximate surface area is 128 Å². The highest BCUT2D eigenvalue weighted by Gasteiger charge is 2.10. The molecule has 0 amide bonds. The van der Waals surface area contributed by atoms with Crippen molar-refractivity contribution in [3.8, 4) is 6.07 Å². The zero-order chi connectivity index (χ0) is 15.5. The van der Waals surface area contributed by atoms with Crippen molar-refractivity contribution in [2.24, 2.45) is 5.14 Å². The van der Waals surface area contributed by atoms with E-state index in [1.807, 2.05) is 18.4 Å². The van der Waals surface area contributed by atoms with Crippen molar-refractivity contribution in [1.82, 2.24) is 5.32 Å². The summed E-state index contributed by atoms with van der Waals surface area (Å²) in [6.07, 6.45) is 0. The lowest BCUT2D eigenvalue weighted by Crippen LogP contribution is -2.18. The van der Waals surface area contributed by atoms with E-state index < -0.39 is 10.0 Å². The van der Waals surface area contributed by atoms with E-state index >= 15 is 0 Å². The van der Waals surface area contributed by atoms with Crippen LogP contribution in [0.3, 0.4) is 0 Å². The zero-order valence-electron chi connectivity index (χ0n) is 11.4. The van der Waals surface area contributed by atoms with Gasteiger partial charge in [0.1, 0.15) is 6.07 Å². The number of hydrogen-bond acceptors (Lipinski definition) is 5. The van der Waals surface area contributed by atoms with Crippen LogP contribution in [0.25, 0.3) is 0 Å². The highest BCUT2D eigenvalue weighted by Crippen LogP contribution is 2.18. The Morgan fingerprint density at radius 2 is 2.05 bits per heavy atom. The molecule has 0 saturated heterocycles. The Bertz CT molecular complexity index is 758.